The molecule has 0 fully saturated rings. The highest BCUT2D eigenvalue weighted by Crippen LogP contribution is 2.14. The van der Waals surface area contributed by atoms with Crippen LogP contribution in [0, 0.1) is 6.92 Å². The van der Waals surface area contributed by atoms with Gasteiger partial charge < -0.3 is 10.8 Å². The Bertz CT molecular complexity index is 216. The first-order valence-electron chi connectivity index (χ1n) is 3.02. The summed E-state index contributed by atoms with van der Waals surface area (Å²) >= 11 is 1.49. The minimum absolute atomic E-state index is 0. The smallest absolute Gasteiger partial charge is 0.112 e. The molecule has 0 bridgehead atoms. The Balaban J connectivity index is 0.000001000. The molecule has 0 saturated heterocycles. The van der Waals surface area contributed by atoms with Crippen molar-refractivity contribution in [1.82, 2.24) is 4.98 Å². The molecule has 0 aliphatic carbocycles. The second-order valence-corrected chi connectivity index (χ2v) is 3.01. The predicted molar refractivity (Wildman–Crippen MR) is 48.1 cm³/mol. The molecule has 3 nitrogen and oxygen atoms in total. The van der Waals surface area contributed by atoms with E-state index in [9.17, 15) is 0 Å². The van der Waals surface area contributed by atoms with Gasteiger partial charge in [0.25, 0.3) is 0 Å². The normalized spacial score (nSPS) is 12.3. The van der Waals surface area contributed by atoms with Crippen molar-refractivity contribution in [3.63, 3.8) is 0 Å². The zero-order valence-corrected chi connectivity index (χ0v) is 7.78. The lowest BCUT2D eigenvalue weighted by molar-refractivity contribution is 0.267. The number of aliphatic hydroxyl groups excluding tert-OH is 1. The summed E-state index contributed by atoms with van der Waals surface area (Å²) in [6.45, 7) is 1.87. The number of aromatic nitrogens is 1. The molecule has 5 heteroatoms. The van der Waals surface area contributed by atoms with E-state index in [0.717, 1.165) is 10.7 Å². The summed E-state index contributed by atoms with van der Waals surface area (Å²) in [6, 6.07) is -0.307. The van der Waals surface area contributed by atoms with Gasteiger partial charge >= 0.3 is 0 Å². The van der Waals surface area contributed by atoms with E-state index in [1.807, 2.05) is 12.3 Å². The molecule has 11 heavy (non-hydrogen) atoms. The number of halogens is 1. The first-order valence-corrected chi connectivity index (χ1v) is 3.90. The molecular formula is C6H11ClN2OS. The lowest BCUT2D eigenvalue weighted by atomic mass is 10.3. The van der Waals surface area contributed by atoms with Crippen LogP contribution < -0.4 is 5.73 Å². The van der Waals surface area contributed by atoms with Gasteiger partial charge in [0.15, 0.2) is 0 Å². The maximum atomic E-state index is 8.64. The van der Waals surface area contributed by atoms with Crippen molar-refractivity contribution >= 4 is 23.7 Å². The third-order valence-electron chi connectivity index (χ3n) is 1.15. The van der Waals surface area contributed by atoms with Crippen molar-refractivity contribution in [1.29, 1.82) is 0 Å². The number of aliphatic hydroxyl groups is 1. The van der Waals surface area contributed by atoms with Crippen LogP contribution in [0.25, 0.3) is 0 Å². The van der Waals surface area contributed by atoms with Crippen molar-refractivity contribution in [3.8, 4) is 0 Å². The predicted octanol–water partition coefficient (Wildman–Crippen LogP) is 0.865. The lowest BCUT2D eigenvalue weighted by Gasteiger charge is -2.00. The minimum Gasteiger partial charge on any atom is -0.394 e. The van der Waals surface area contributed by atoms with E-state index in [4.69, 9.17) is 10.8 Å². The molecule has 0 saturated carbocycles. The summed E-state index contributed by atoms with van der Waals surface area (Å²) in [4.78, 5) is 4.11. The zero-order valence-electron chi connectivity index (χ0n) is 6.15. The molecule has 3 N–H and O–H groups in total. The van der Waals surface area contributed by atoms with Crippen LogP contribution in [-0.2, 0) is 0 Å². The van der Waals surface area contributed by atoms with Crippen molar-refractivity contribution < 1.29 is 5.11 Å². The Kier molecular flexibility index (Phi) is 4.60. The van der Waals surface area contributed by atoms with Gasteiger partial charge in [-0.15, -0.1) is 23.7 Å². The van der Waals surface area contributed by atoms with Gasteiger partial charge in [0.1, 0.15) is 5.01 Å². The van der Waals surface area contributed by atoms with Gasteiger partial charge in [-0.2, -0.15) is 0 Å². The van der Waals surface area contributed by atoms with Crippen molar-refractivity contribution in [3.05, 3.63) is 16.1 Å². The lowest BCUT2D eigenvalue weighted by Crippen LogP contribution is -2.13. The van der Waals surface area contributed by atoms with Crippen LogP contribution in [0.5, 0.6) is 0 Å². The van der Waals surface area contributed by atoms with E-state index in [2.05, 4.69) is 4.98 Å². The van der Waals surface area contributed by atoms with Crippen LogP contribution in [-0.4, -0.2) is 16.7 Å². The van der Waals surface area contributed by atoms with Crippen molar-refractivity contribution in [2.75, 3.05) is 6.61 Å². The summed E-state index contributed by atoms with van der Waals surface area (Å²) in [5, 5.41) is 11.4. The van der Waals surface area contributed by atoms with Gasteiger partial charge in [-0.3, -0.25) is 0 Å². The third-order valence-corrected chi connectivity index (χ3v) is 2.25. The SMILES string of the molecule is Cc1csc([C@H](N)CO)n1.Cl. The number of thiazole rings is 1. The minimum atomic E-state index is -0.307. The molecule has 1 aromatic rings. The molecule has 0 amide bonds. The molecular weight excluding hydrogens is 184 g/mol. The number of nitrogens with two attached hydrogens (primary N) is 1. The molecule has 0 aromatic carbocycles. The molecule has 0 radical (unpaired) electrons. The number of hydrogen-bond acceptors (Lipinski definition) is 4. The summed E-state index contributed by atoms with van der Waals surface area (Å²) in [7, 11) is 0. The maximum absolute atomic E-state index is 8.64. The molecule has 0 unspecified atom stereocenters. The van der Waals surface area contributed by atoms with Crippen molar-refractivity contribution in [2.45, 2.75) is 13.0 Å². The van der Waals surface area contributed by atoms with E-state index >= 15 is 0 Å². The first-order chi connectivity index (χ1) is 4.74. The van der Waals surface area contributed by atoms with Gasteiger partial charge in [0, 0.05) is 11.1 Å². The Morgan fingerprint density at radius 2 is 2.45 bits per heavy atom. The molecule has 1 heterocycles. The molecule has 64 valence electrons. The monoisotopic (exact) mass is 194 g/mol. The number of nitrogens with zero attached hydrogens (tertiary/aromatic N) is 1. The van der Waals surface area contributed by atoms with E-state index in [0.29, 0.717) is 0 Å². The van der Waals surface area contributed by atoms with E-state index < -0.39 is 0 Å². The van der Waals surface area contributed by atoms with Gasteiger partial charge in [-0.05, 0) is 6.92 Å². The number of hydrogen-bond donors (Lipinski definition) is 2. The fourth-order valence-corrected chi connectivity index (χ4v) is 1.41. The van der Waals surface area contributed by atoms with Crippen LogP contribution in [0.1, 0.15) is 16.7 Å². The molecule has 0 aliphatic heterocycles. The van der Waals surface area contributed by atoms with Gasteiger partial charge in [-0.1, -0.05) is 0 Å². The number of rotatable bonds is 2. The average Bonchev–Trinajstić information content (AvgIpc) is 2.34. The van der Waals surface area contributed by atoms with Crippen LogP contribution in [0.15, 0.2) is 5.38 Å². The number of aryl methyl sites for hydroxylation is 1. The summed E-state index contributed by atoms with van der Waals surface area (Å²) in [5.41, 5.74) is 6.47. The Labute approximate surface area is 75.7 Å². The standard InChI is InChI=1S/C6H10N2OS.ClH/c1-4-3-10-6(8-4)5(7)2-9;/h3,5,9H,2,7H2,1H3;1H/t5-;/m1./s1. The maximum Gasteiger partial charge on any atom is 0.112 e. The van der Waals surface area contributed by atoms with Crippen LogP contribution >= 0.6 is 23.7 Å². The second kappa shape index (κ2) is 4.66. The van der Waals surface area contributed by atoms with Crippen molar-refractivity contribution in [2.24, 2.45) is 5.73 Å². The Morgan fingerprint density at radius 3 is 2.82 bits per heavy atom. The van der Waals surface area contributed by atoms with Crippen LogP contribution in [0.4, 0.5) is 0 Å². The molecule has 1 aromatic heterocycles. The zero-order chi connectivity index (χ0) is 7.56. The summed E-state index contributed by atoms with van der Waals surface area (Å²) < 4.78 is 0. The van der Waals surface area contributed by atoms with Crippen LogP contribution in [0.2, 0.25) is 0 Å². The molecule has 0 spiro atoms. The summed E-state index contributed by atoms with van der Waals surface area (Å²) in [6.07, 6.45) is 0. The fourth-order valence-electron chi connectivity index (χ4n) is 0.621. The van der Waals surface area contributed by atoms with E-state index in [1.165, 1.54) is 11.3 Å². The highest BCUT2D eigenvalue weighted by molar-refractivity contribution is 7.09. The van der Waals surface area contributed by atoms with Gasteiger partial charge in [0.05, 0.1) is 12.6 Å². The van der Waals surface area contributed by atoms with E-state index in [1.54, 1.807) is 0 Å². The molecule has 1 atom stereocenters. The molecule has 0 aliphatic rings. The summed E-state index contributed by atoms with van der Waals surface area (Å²) in [5.74, 6) is 0. The largest absolute Gasteiger partial charge is 0.394 e. The Hall–Kier alpha value is -0.160. The fraction of sp³-hybridized carbons (Fsp3) is 0.500. The highest BCUT2D eigenvalue weighted by Gasteiger charge is 2.06. The third kappa shape index (κ3) is 2.75. The van der Waals surface area contributed by atoms with E-state index in [-0.39, 0.29) is 25.1 Å². The van der Waals surface area contributed by atoms with Crippen LogP contribution in [0.3, 0.4) is 0 Å². The average molecular weight is 195 g/mol. The Morgan fingerprint density at radius 1 is 1.82 bits per heavy atom. The second-order valence-electron chi connectivity index (χ2n) is 2.12. The quantitative estimate of drug-likeness (QED) is 0.735. The van der Waals surface area contributed by atoms with Gasteiger partial charge in [0.2, 0.25) is 0 Å². The first kappa shape index (κ1) is 10.8. The molecule has 1 rings (SSSR count). The highest BCUT2D eigenvalue weighted by atomic mass is 35.5. The topological polar surface area (TPSA) is 59.1 Å². The van der Waals surface area contributed by atoms with Gasteiger partial charge in [-0.25, -0.2) is 4.98 Å².